The van der Waals surface area contributed by atoms with Gasteiger partial charge in [-0.05, 0) is 29.9 Å². The highest BCUT2D eigenvalue weighted by molar-refractivity contribution is 7.10. The Bertz CT molecular complexity index is 374. The predicted octanol–water partition coefficient (Wildman–Crippen LogP) is 2.72. The van der Waals surface area contributed by atoms with Gasteiger partial charge in [0.25, 0.3) is 0 Å². The maximum atomic E-state index is 11.1. The van der Waals surface area contributed by atoms with Crippen LogP contribution >= 0.6 is 11.3 Å². The van der Waals surface area contributed by atoms with Crippen LogP contribution in [0, 0.1) is 5.41 Å². The van der Waals surface area contributed by atoms with Gasteiger partial charge in [-0.25, -0.2) is 0 Å². The number of nitrogens with zero attached hydrogens (tertiary/aromatic N) is 1. The van der Waals surface area contributed by atoms with Crippen LogP contribution in [0.5, 0.6) is 0 Å². The molecule has 1 aliphatic heterocycles. The molecule has 0 aromatic carbocycles. The minimum absolute atomic E-state index is 0.173. The molecule has 0 spiro atoms. The summed E-state index contributed by atoms with van der Waals surface area (Å²) in [5.41, 5.74) is 1.29. The Morgan fingerprint density at radius 2 is 2.44 bits per heavy atom. The van der Waals surface area contributed by atoms with E-state index in [0.717, 1.165) is 38.8 Å². The van der Waals surface area contributed by atoms with Gasteiger partial charge in [0.15, 0.2) is 0 Å². The first-order valence-electron chi connectivity index (χ1n) is 5.91. The zero-order valence-corrected chi connectivity index (χ0v) is 10.8. The molecule has 0 fully saturated rings. The molecule has 88 valence electrons. The predicted molar refractivity (Wildman–Crippen MR) is 67.8 cm³/mol. The fourth-order valence-corrected chi connectivity index (χ4v) is 3.07. The van der Waals surface area contributed by atoms with E-state index in [9.17, 15) is 4.79 Å². The van der Waals surface area contributed by atoms with E-state index >= 15 is 0 Å². The van der Waals surface area contributed by atoms with Crippen LogP contribution < -0.4 is 0 Å². The zero-order valence-electron chi connectivity index (χ0n) is 10.0. The maximum Gasteiger partial charge on any atom is 0.127 e. The lowest BCUT2D eigenvalue weighted by Crippen LogP contribution is -2.39. The molecule has 0 aliphatic carbocycles. The minimum Gasteiger partial charge on any atom is -0.303 e. The molecule has 1 aromatic rings. The summed E-state index contributed by atoms with van der Waals surface area (Å²) < 4.78 is 0. The van der Waals surface area contributed by atoms with Crippen molar-refractivity contribution in [2.24, 2.45) is 5.41 Å². The lowest BCUT2D eigenvalue weighted by Gasteiger charge is -2.33. The molecule has 0 amide bonds. The van der Waals surface area contributed by atoms with Crippen LogP contribution in [0.25, 0.3) is 0 Å². The molecule has 1 atom stereocenters. The molecule has 0 N–H and O–H groups in total. The molecule has 16 heavy (non-hydrogen) atoms. The number of rotatable bonds is 4. The van der Waals surface area contributed by atoms with E-state index in [2.05, 4.69) is 30.2 Å². The van der Waals surface area contributed by atoms with Gasteiger partial charge in [0.05, 0.1) is 0 Å². The van der Waals surface area contributed by atoms with Crippen molar-refractivity contribution in [2.45, 2.75) is 33.2 Å². The van der Waals surface area contributed by atoms with E-state index in [4.69, 9.17) is 0 Å². The SMILES string of the molecule is CCC(C)(C=O)CN1CCc2sccc2C1. The van der Waals surface area contributed by atoms with Gasteiger partial charge in [-0.3, -0.25) is 4.90 Å². The van der Waals surface area contributed by atoms with E-state index in [1.807, 2.05) is 11.3 Å². The molecule has 3 heteroatoms. The average Bonchev–Trinajstić information content (AvgIpc) is 2.76. The van der Waals surface area contributed by atoms with Gasteiger partial charge in [-0.2, -0.15) is 0 Å². The van der Waals surface area contributed by atoms with Gasteiger partial charge in [0.2, 0.25) is 0 Å². The van der Waals surface area contributed by atoms with Gasteiger partial charge in [0, 0.05) is 29.9 Å². The average molecular weight is 237 g/mol. The van der Waals surface area contributed by atoms with Crippen LogP contribution in [0.15, 0.2) is 11.4 Å². The molecule has 2 rings (SSSR count). The summed E-state index contributed by atoms with van der Waals surface area (Å²) in [5.74, 6) is 0. The molecule has 1 aliphatic rings. The zero-order chi connectivity index (χ0) is 11.6. The summed E-state index contributed by atoms with van der Waals surface area (Å²) in [7, 11) is 0. The quantitative estimate of drug-likeness (QED) is 0.750. The molecular weight excluding hydrogens is 218 g/mol. The Morgan fingerprint density at radius 1 is 1.62 bits per heavy atom. The Morgan fingerprint density at radius 3 is 3.12 bits per heavy atom. The van der Waals surface area contributed by atoms with Gasteiger partial charge in [-0.1, -0.05) is 13.8 Å². The first kappa shape index (κ1) is 11.8. The molecule has 0 saturated heterocycles. The maximum absolute atomic E-state index is 11.1. The van der Waals surface area contributed by atoms with E-state index in [-0.39, 0.29) is 5.41 Å². The van der Waals surface area contributed by atoms with Gasteiger partial charge < -0.3 is 4.79 Å². The van der Waals surface area contributed by atoms with E-state index in [1.165, 1.54) is 10.4 Å². The van der Waals surface area contributed by atoms with Gasteiger partial charge in [-0.15, -0.1) is 11.3 Å². The van der Waals surface area contributed by atoms with Crippen LogP contribution in [0.1, 0.15) is 30.7 Å². The molecule has 2 heterocycles. The molecule has 0 saturated carbocycles. The topological polar surface area (TPSA) is 20.3 Å². The molecule has 1 aromatic heterocycles. The summed E-state index contributed by atoms with van der Waals surface area (Å²) in [6, 6.07) is 2.22. The number of carbonyl (C=O) groups is 1. The van der Waals surface area contributed by atoms with Crippen molar-refractivity contribution in [3.63, 3.8) is 0 Å². The van der Waals surface area contributed by atoms with Crippen LogP contribution in [0.4, 0.5) is 0 Å². The van der Waals surface area contributed by atoms with Gasteiger partial charge in [0.1, 0.15) is 6.29 Å². The number of fused-ring (bicyclic) bond motifs is 1. The molecular formula is C13H19NOS. The third-order valence-corrected chi connectivity index (χ3v) is 4.59. The van der Waals surface area contributed by atoms with Crippen LogP contribution in [0.2, 0.25) is 0 Å². The number of hydrogen-bond donors (Lipinski definition) is 0. The highest BCUT2D eigenvalue weighted by atomic mass is 32.1. The van der Waals surface area contributed by atoms with Crippen molar-refractivity contribution in [3.05, 3.63) is 21.9 Å². The summed E-state index contributed by atoms with van der Waals surface area (Å²) in [6.45, 7) is 7.15. The smallest absolute Gasteiger partial charge is 0.127 e. The third kappa shape index (κ3) is 2.36. The number of thiophene rings is 1. The van der Waals surface area contributed by atoms with E-state index in [1.54, 1.807) is 0 Å². The molecule has 1 unspecified atom stereocenters. The Kier molecular flexibility index (Phi) is 3.45. The number of hydrogen-bond acceptors (Lipinski definition) is 3. The standard InChI is InChI=1S/C13H19NOS/c1-3-13(2,10-15)9-14-6-4-12-11(8-14)5-7-16-12/h5,7,10H,3-4,6,8-9H2,1-2H3. The van der Waals surface area contributed by atoms with Crippen LogP contribution in [0.3, 0.4) is 0 Å². The lowest BCUT2D eigenvalue weighted by atomic mass is 9.88. The summed E-state index contributed by atoms with van der Waals surface area (Å²) in [6.07, 6.45) is 3.19. The molecule has 2 nitrogen and oxygen atoms in total. The van der Waals surface area contributed by atoms with Crippen molar-refractivity contribution >= 4 is 17.6 Å². The second-order valence-electron chi connectivity index (χ2n) is 4.96. The monoisotopic (exact) mass is 237 g/mol. The number of carbonyl (C=O) groups excluding carboxylic acids is 1. The normalized spacial score (nSPS) is 20.1. The Labute approximate surface area is 101 Å². The summed E-state index contributed by atoms with van der Waals surface area (Å²) >= 11 is 1.86. The largest absolute Gasteiger partial charge is 0.303 e. The van der Waals surface area contributed by atoms with Crippen molar-refractivity contribution in [1.29, 1.82) is 0 Å². The van der Waals surface area contributed by atoms with E-state index in [0.29, 0.717) is 0 Å². The number of aldehydes is 1. The second kappa shape index (κ2) is 4.68. The van der Waals surface area contributed by atoms with Crippen LogP contribution in [-0.4, -0.2) is 24.3 Å². The minimum atomic E-state index is -0.173. The first-order valence-corrected chi connectivity index (χ1v) is 6.79. The van der Waals surface area contributed by atoms with E-state index < -0.39 is 0 Å². The molecule has 0 radical (unpaired) electrons. The summed E-state index contributed by atoms with van der Waals surface area (Å²) in [4.78, 5) is 15.0. The second-order valence-corrected chi connectivity index (χ2v) is 5.96. The molecule has 0 bridgehead atoms. The highest BCUT2D eigenvalue weighted by Gasteiger charge is 2.27. The van der Waals surface area contributed by atoms with Crippen molar-refractivity contribution < 1.29 is 4.79 Å². The van der Waals surface area contributed by atoms with Crippen molar-refractivity contribution in [3.8, 4) is 0 Å². The first-order chi connectivity index (χ1) is 7.67. The Hall–Kier alpha value is -0.670. The Balaban J connectivity index is 2.01. The lowest BCUT2D eigenvalue weighted by molar-refractivity contribution is -0.116. The highest BCUT2D eigenvalue weighted by Crippen LogP contribution is 2.27. The van der Waals surface area contributed by atoms with Crippen molar-refractivity contribution in [2.75, 3.05) is 13.1 Å². The fourth-order valence-electron chi connectivity index (χ4n) is 2.19. The summed E-state index contributed by atoms with van der Waals surface area (Å²) in [5, 5.41) is 2.17. The van der Waals surface area contributed by atoms with Crippen molar-refractivity contribution in [1.82, 2.24) is 4.90 Å². The fraction of sp³-hybridized carbons (Fsp3) is 0.615. The third-order valence-electron chi connectivity index (χ3n) is 3.56. The van der Waals surface area contributed by atoms with Gasteiger partial charge >= 0.3 is 0 Å². The van der Waals surface area contributed by atoms with Crippen LogP contribution in [-0.2, 0) is 17.8 Å².